The van der Waals surface area contributed by atoms with Gasteiger partial charge in [-0.05, 0) is 5.56 Å². The summed E-state index contributed by atoms with van der Waals surface area (Å²) in [6.07, 6.45) is 1.92. The van der Waals surface area contributed by atoms with Crippen molar-refractivity contribution in [2.24, 2.45) is 0 Å². The largest absolute Gasteiger partial charge is 0.371 e. The van der Waals surface area contributed by atoms with Crippen molar-refractivity contribution in [3.05, 3.63) is 35.9 Å². The molecule has 1 aromatic rings. The third kappa shape index (κ3) is 3.91. The Morgan fingerprint density at radius 2 is 2.18 bits per heavy atom. The predicted molar refractivity (Wildman–Crippen MR) is 70.5 cm³/mol. The van der Waals surface area contributed by atoms with E-state index in [9.17, 15) is 4.21 Å². The fourth-order valence-electron chi connectivity index (χ4n) is 2.03. The summed E-state index contributed by atoms with van der Waals surface area (Å²) in [5, 5.41) is 0. The molecule has 1 aliphatic heterocycles. The molecule has 1 fully saturated rings. The van der Waals surface area contributed by atoms with Crippen LogP contribution in [0.2, 0.25) is 0 Å². The number of ether oxygens (including phenoxy) is 1. The molecular weight excluding hydrogens is 234 g/mol. The summed E-state index contributed by atoms with van der Waals surface area (Å²) in [4.78, 5) is 2.34. The standard InChI is InChI=1S/C13H19NO2S/c1-17(15)10-8-14-7-9-16-13(11-14)12-5-3-2-4-6-12/h2-6,13H,7-11H2,1H3/t13-,17+/m1/s1. The summed E-state index contributed by atoms with van der Waals surface area (Å²) in [7, 11) is -0.705. The quantitative estimate of drug-likeness (QED) is 0.813. The molecule has 0 radical (unpaired) electrons. The van der Waals surface area contributed by atoms with Crippen molar-refractivity contribution in [2.45, 2.75) is 6.10 Å². The molecule has 94 valence electrons. The van der Waals surface area contributed by atoms with Gasteiger partial charge in [-0.25, -0.2) is 0 Å². The van der Waals surface area contributed by atoms with E-state index in [4.69, 9.17) is 4.74 Å². The highest BCUT2D eigenvalue weighted by Crippen LogP contribution is 2.21. The normalized spacial score (nSPS) is 23.5. The van der Waals surface area contributed by atoms with Crippen LogP contribution in [-0.4, -0.2) is 47.4 Å². The van der Waals surface area contributed by atoms with Crippen molar-refractivity contribution in [1.82, 2.24) is 4.90 Å². The van der Waals surface area contributed by atoms with E-state index in [1.54, 1.807) is 6.26 Å². The number of rotatable bonds is 4. The molecule has 3 nitrogen and oxygen atoms in total. The third-order valence-corrected chi connectivity index (χ3v) is 3.77. The molecule has 4 heteroatoms. The van der Waals surface area contributed by atoms with Gasteiger partial charge in [0.2, 0.25) is 0 Å². The van der Waals surface area contributed by atoms with Gasteiger partial charge in [-0.1, -0.05) is 30.3 Å². The van der Waals surface area contributed by atoms with Crippen molar-refractivity contribution in [3.63, 3.8) is 0 Å². The fraction of sp³-hybridized carbons (Fsp3) is 0.538. The summed E-state index contributed by atoms with van der Waals surface area (Å²) in [5.41, 5.74) is 1.23. The predicted octanol–water partition coefficient (Wildman–Crippen LogP) is 1.44. The van der Waals surface area contributed by atoms with Gasteiger partial charge in [0.15, 0.2) is 0 Å². The maximum absolute atomic E-state index is 11.1. The SMILES string of the molecule is C[S@](=O)CCN1CCO[C@@H](c2ccccc2)C1. The first kappa shape index (κ1) is 12.7. The fourth-order valence-corrected chi connectivity index (χ4v) is 2.55. The molecule has 0 aromatic heterocycles. The topological polar surface area (TPSA) is 29.5 Å². The lowest BCUT2D eigenvalue weighted by atomic mass is 10.1. The average Bonchev–Trinajstić information content (AvgIpc) is 2.38. The molecule has 2 atom stereocenters. The van der Waals surface area contributed by atoms with E-state index < -0.39 is 10.8 Å². The highest BCUT2D eigenvalue weighted by atomic mass is 32.2. The molecule has 0 aliphatic carbocycles. The smallest absolute Gasteiger partial charge is 0.0952 e. The van der Waals surface area contributed by atoms with Gasteiger partial charge in [0.25, 0.3) is 0 Å². The molecule has 0 saturated carbocycles. The summed E-state index contributed by atoms with van der Waals surface area (Å²) in [6.45, 7) is 3.51. The van der Waals surface area contributed by atoms with E-state index in [1.807, 2.05) is 18.2 Å². The average molecular weight is 253 g/mol. The number of hydrogen-bond donors (Lipinski definition) is 0. The van der Waals surface area contributed by atoms with Crippen LogP contribution in [0.5, 0.6) is 0 Å². The molecule has 1 aliphatic rings. The Labute approximate surface area is 105 Å². The Morgan fingerprint density at radius 3 is 2.88 bits per heavy atom. The minimum Gasteiger partial charge on any atom is -0.371 e. The summed E-state index contributed by atoms with van der Waals surface area (Å²) in [5.74, 6) is 0.751. The van der Waals surface area contributed by atoms with Crippen LogP contribution < -0.4 is 0 Å². The van der Waals surface area contributed by atoms with E-state index in [2.05, 4.69) is 17.0 Å². The highest BCUT2D eigenvalue weighted by molar-refractivity contribution is 7.84. The van der Waals surface area contributed by atoms with Gasteiger partial charge in [-0.2, -0.15) is 0 Å². The molecule has 0 bridgehead atoms. The number of hydrogen-bond acceptors (Lipinski definition) is 3. The molecule has 17 heavy (non-hydrogen) atoms. The minimum atomic E-state index is -0.705. The van der Waals surface area contributed by atoms with Gasteiger partial charge >= 0.3 is 0 Å². The zero-order valence-corrected chi connectivity index (χ0v) is 11.0. The van der Waals surface area contributed by atoms with Gasteiger partial charge in [0.05, 0.1) is 12.7 Å². The van der Waals surface area contributed by atoms with Crippen LogP contribution >= 0.6 is 0 Å². The first-order chi connectivity index (χ1) is 8.25. The van der Waals surface area contributed by atoms with Gasteiger partial charge in [-0.3, -0.25) is 9.11 Å². The van der Waals surface area contributed by atoms with Gasteiger partial charge in [-0.15, -0.1) is 0 Å². The third-order valence-electron chi connectivity index (χ3n) is 3.02. The lowest BCUT2D eigenvalue weighted by Gasteiger charge is -2.32. The first-order valence-electron chi connectivity index (χ1n) is 5.94. The minimum absolute atomic E-state index is 0.162. The Morgan fingerprint density at radius 1 is 1.41 bits per heavy atom. The molecule has 0 spiro atoms. The van der Waals surface area contributed by atoms with Gasteiger partial charge < -0.3 is 4.74 Å². The highest BCUT2D eigenvalue weighted by Gasteiger charge is 2.21. The number of morpholine rings is 1. The van der Waals surface area contributed by atoms with E-state index >= 15 is 0 Å². The Balaban J connectivity index is 1.91. The lowest BCUT2D eigenvalue weighted by Crippen LogP contribution is -2.40. The maximum Gasteiger partial charge on any atom is 0.0952 e. The monoisotopic (exact) mass is 253 g/mol. The van der Waals surface area contributed by atoms with Crippen molar-refractivity contribution < 1.29 is 8.95 Å². The second kappa shape index (κ2) is 6.28. The molecule has 2 rings (SSSR count). The molecule has 0 amide bonds. The summed E-state index contributed by atoms with van der Waals surface area (Å²) >= 11 is 0. The molecule has 1 aromatic carbocycles. The first-order valence-corrected chi connectivity index (χ1v) is 7.67. The van der Waals surface area contributed by atoms with Crippen LogP contribution in [0.25, 0.3) is 0 Å². The van der Waals surface area contributed by atoms with Crippen LogP contribution in [0.3, 0.4) is 0 Å². The molecule has 1 heterocycles. The van der Waals surface area contributed by atoms with E-state index in [0.717, 1.165) is 32.0 Å². The van der Waals surface area contributed by atoms with E-state index in [-0.39, 0.29) is 6.10 Å². The molecular formula is C13H19NO2S. The van der Waals surface area contributed by atoms with Crippen LogP contribution in [-0.2, 0) is 15.5 Å². The Bertz CT molecular complexity index is 369. The van der Waals surface area contributed by atoms with Crippen LogP contribution in [0.4, 0.5) is 0 Å². The van der Waals surface area contributed by atoms with E-state index in [0.29, 0.717) is 0 Å². The molecule has 1 saturated heterocycles. The van der Waals surface area contributed by atoms with E-state index in [1.165, 1.54) is 5.56 Å². The summed E-state index contributed by atoms with van der Waals surface area (Å²) in [6, 6.07) is 10.3. The van der Waals surface area contributed by atoms with Crippen molar-refractivity contribution in [3.8, 4) is 0 Å². The Hall–Kier alpha value is -0.710. The Kier molecular flexibility index (Phi) is 4.71. The second-order valence-corrected chi connectivity index (χ2v) is 5.90. The maximum atomic E-state index is 11.1. The van der Waals surface area contributed by atoms with Crippen molar-refractivity contribution in [1.29, 1.82) is 0 Å². The van der Waals surface area contributed by atoms with Gasteiger partial charge in [0, 0.05) is 42.4 Å². The van der Waals surface area contributed by atoms with Crippen molar-refractivity contribution in [2.75, 3.05) is 38.2 Å². The second-order valence-electron chi connectivity index (χ2n) is 4.35. The zero-order valence-electron chi connectivity index (χ0n) is 10.2. The summed E-state index contributed by atoms with van der Waals surface area (Å²) < 4.78 is 16.9. The number of benzene rings is 1. The number of nitrogens with zero attached hydrogens (tertiary/aromatic N) is 1. The van der Waals surface area contributed by atoms with Gasteiger partial charge in [0.1, 0.15) is 0 Å². The zero-order chi connectivity index (χ0) is 12.1. The van der Waals surface area contributed by atoms with Crippen molar-refractivity contribution >= 4 is 10.8 Å². The lowest BCUT2D eigenvalue weighted by molar-refractivity contribution is -0.0278. The molecule has 0 N–H and O–H groups in total. The van der Waals surface area contributed by atoms with Crippen LogP contribution in [0, 0.1) is 0 Å². The molecule has 0 unspecified atom stereocenters. The van der Waals surface area contributed by atoms with Crippen LogP contribution in [0.15, 0.2) is 30.3 Å². The van der Waals surface area contributed by atoms with Crippen LogP contribution in [0.1, 0.15) is 11.7 Å².